The van der Waals surface area contributed by atoms with Gasteiger partial charge in [0.1, 0.15) is 5.82 Å². The van der Waals surface area contributed by atoms with Crippen molar-refractivity contribution >= 4 is 45.0 Å². The molecule has 0 aliphatic carbocycles. The van der Waals surface area contributed by atoms with Crippen LogP contribution in [0.2, 0.25) is 0 Å². The number of rotatable bonds is 4. The van der Waals surface area contributed by atoms with Gasteiger partial charge < -0.3 is 0 Å². The Bertz CT molecular complexity index is 1790. The van der Waals surface area contributed by atoms with Crippen LogP contribution >= 0.6 is 22.6 Å². The molecule has 0 amide bonds. The van der Waals surface area contributed by atoms with Gasteiger partial charge in [0.2, 0.25) is 0 Å². The van der Waals surface area contributed by atoms with E-state index in [9.17, 15) is 0 Å². The van der Waals surface area contributed by atoms with Crippen molar-refractivity contribution < 1.29 is 0 Å². The predicted molar refractivity (Wildman–Crippen MR) is 160 cm³/mol. The number of aromatic nitrogens is 2. The zero-order valence-electron chi connectivity index (χ0n) is 19.9. The van der Waals surface area contributed by atoms with Gasteiger partial charge in [0.05, 0.1) is 28.4 Å². The minimum atomic E-state index is 0.0574. The quantitative estimate of drug-likeness (QED) is 0.190. The molecule has 2 heterocycles. The van der Waals surface area contributed by atoms with Crippen molar-refractivity contribution in [1.82, 2.24) is 9.55 Å². The van der Waals surface area contributed by atoms with E-state index in [1.165, 1.54) is 14.7 Å². The molecule has 0 fully saturated rings. The van der Waals surface area contributed by atoms with E-state index in [0.29, 0.717) is 0 Å². The van der Waals surface area contributed by atoms with Crippen molar-refractivity contribution in [1.29, 1.82) is 0 Å². The monoisotopic (exact) mass is 587 g/mol. The number of para-hydroxylation sites is 3. The van der Waals surface area contributed by atoms with Gasteiger partial charge in [0.15, 0.2) is 0 Å². The summed E-state index contributed by atoms with van der Waals surface area (Å²) in [5.74, 6) is 1.00. The highest BCUT2D eigenvalue weighted by Crippen LogP contribution is 2.42. The highest BCUT2D eigenvalue weighted by Gasteiger charge is 2.30. The molecule has 0 N–H and O–H groups in total. The zero-order chi connectivity index (χ0) is 24.8. The van der Waals surface area contributed by atoms with E-state index in [2.05, 4.69) is 142 Å². The lowest BCUT2D eigenvalue weighted by molar-refractivity contribution is 1.06. The summed E-state index contributed by atoms with van der Waals surface area (Å²) in [6, 6.07) is 44.7. The van der Waals surface area contributed by atoms with Gasteiger partial charge in [0.25, 0.3) is 0 Å². The molecule has 37 heavy (non-hydrogen) atoms. The van der Waals surface area contributed by atoms with Crippen LogP contribution in [0, 0.1) is 3.57 Å². The first-order chi connectivity index (χ1) is 18.3. The van der Waals surface area contributed by atoms with Crippen LogP contribution in [0.15, 0.2) is 132 Å². The number of hydrogen-bond donors (Lipinski definition) is 0. The number of aliphatic imine (C=N–C) groups is 1. The maximum Gasteiger partial charge on any atom is 0.145 e. The van der Waals surface area contributed by atoms with Gasteiger partial charge in [-0.2, -0.15) is 0 Å². The summed E-state index contributed by atoms with van der Waals surface area (Å²) >= 11 is 2.44. The summed E-state index contributed by atoms with van der Waals surface area (Å²) in [5.41, 5.74) is 10.0. The van der Waals surface area contributed by atoms with Crippen LogP contribution < -0.4 is 0 Å². The fraction of sp³-hybridized carbons (Fsp3) is 0.0303. The first-order valence-corrected chi connectivity index (χ1v) is 13.4. The van der Waals surface area contributed by atoms with Crippen molar-refractivity contribution in [3.63, 3.8) is 0 Å². The Hall–Kier alpha value is -4.03. The van der Waals surface area contributed by atoms with Crippen LogP contribution in [-0.2, 0) is 0 Å². The average Bonchev–Trinajstić information content (AvgIpc) is 3.53. The van der Waals surface area contributed by atoms with E-state index in [1.807, 2.05) is 12.1 Å². The van der Waals surface area contributed by atoms with E-state index in [0.717, 1.165) is 45.1 Å². The fourth-order valence-corrected chi connectivity index (χ4v) is 5.99. The highest BCUT2D eigenvalue weighted by molar-refractivity contribution is 14.1. The van der Waals surface area contributed by atoms with E-state index >= 15 is 0 Å². The number of imidazole rings is 1. The van der Waals surface area contributed by atoms with Crippen molar-refractivity contribution in [3.8, 4) is 17.1 Å². The topological polar surface area (TPSA) is 30.2 Å². The number of nitrogens with zero attached hydrogens (tertiary/aromatic N) is 3. The standard InChI is InChI=1S/C33H22IN3/c34-25-19-24(31-27-15-7-8-16-28(27)35-32(31)22-11-3-1-4-12-22)20-26(21-25)37-30-18-10-9-17-29(30)36-33(37)23-13-5-2-6-14-23/h1-21,31H. The van der Waals surface area contributed by atoms with Crippen molar-refractivity contribution in [3.05, 3.63) is 148 Å². The summed E-state index contributed by atoms with van der Waals surface area (Å²) < 4.78 is 3.47. The van der Waals surface area contributed by atoms with Crippen LogP contribution in [0.25, 0.3) is 28.1 Å². The van der Waals surface area contributed by atoms with Gasteiger partial charge in [-0.25, -0.2) is 4.98 Å². The molecule has 5 aromatic carbocycles. The van der Waals surface area contributed by atoms with Crippen LogP contribution in [-0.4, -0.2) is 15.3 Å². The van der Waals surface area contributed by atoms with Crippen LogP contribution in [0.4, 0.5) is 5.69 Å². The van der Waals surface area contributed by atoms with Gasteiger partial charge >= 0.3 is 0 Å². The molecule has 4 heteroatoms. The number of fused-ring (bicyclic) bond motifs is 2. The number of benzene rings is 5. The van der Waals surface area contributed by atoms with Gasteiger partial charge in [-0.05, 0) is 75.7 Å². The summed E-state index contributed by atoms with van der Waals surface area (Å²) in [6.07, 6.45) is 0. The molecule has 0 bridgehead atoms. The smallest absolute Gasteiger partial charge is 0.145 e. The Morgan fingerprint density at radius 2 is 1.32 bits per heavy atom. The van der Waals surface area contributed by atoms with Gasteiger partial charge in [0, 0.05) is 14.8 Å². The molecule has 7 rings (SSSR count). The lowest BCUT2D eigenvalue weighted by Crippen LogP contribution is -2.12. The molecule has 0 radical (unpaired) electrons. The van der Waals surface area contributed by atoms with E-state index < -0.39 is 0 Å². The maximum atomic E-state index is 5.11. The highest BCUT2D eigenvalue weighted by atomic mass is 127. The third-order valence-electron chi connectivity index (χ3n) is 6.92. The van der Waals surface area contributed by atoms with Gasteiger partial charge in [-0.1, -0.05) is 91.0 Å². The molecule has 1 aliphatic rings. The van der Waals surface area contributed by atoms with Crippen LogP contribution in [0.5, 0.6) is 0 Å². The second-order valence-corrected chi connectivity index (χ2v) is 10.5. The number of halogens is 1. The third-order valence-corrected chi connectivity index (χ3v) is 7.54. The van der Waals surface area contributed by atoms with Gasteiger partial charge in [-0.3, -0.25) is 9.56 Å². The van der Waals surface area contributed by atoms with Crippen molar-refractivity contribution in [2.45, 2.75) is 5.92 Å². The third kappa shape index (κ3) is 3.89. The lowest BCUT2D eigenvalue weighted by atomic mass is 9.85. The average molecular weight is 587 g/mol. The first-order valence-electron chi connectivity index (χ1n) is 12.3. The molecule has 0 saturated carbocycles. The molecule has 3 nitrogen and oxygen atoms in total. The minimum Gasteiger partial charge on any atom is -0.292 e. The second kappa shape index (κ2) is 9.12. The Kier molecular flexibility index (Phi) is 5.47. The minimum absolute atomic E-state index is 0.0574. The van der Waals surface area contributed by atoms with Crippen molar-refractivity contribution in [2.24, 2.45) is 4.99 Å². The largest absolute Gasteiger partial charge is 0.292 e. The molecule has 1 aromatic heterocycles. The fourth-order valence-electron chi connectivity index (χ4n) is 5.31. The first kappa shape index (κ1) is 22.2. The Morgan fingerprint density at radius 3 is 2.14 bits per heavy atom. The second-order valence-electron chi connectivity index (χ2n) is 9.22. The van der Waals surface area contributed by atoms with E-state index in [4.69, 9.17) is 9.98 Å². The Labute approximate surface area is 229 Å². The molecule has 1 aliphatic heterocycles. The molecular weight excluding hydrogens is 565 g/mol. The maximum absolute atomic E-state index is 5.11. The summed E-state index contributed by atoms with van der Waals surface area (Å²) in [7, 11) is 0. The zero-order valence-corrected chi connectivity index (χ0v) is 22.1. The lowest BCUT2D eigenvalue weighted by Gasteiger charge is -2.19. The van der Waals surface area contributed by atoms with E-state index in [1.54, 1.807) is 0 Å². The summed E-state index contributed by atoms with van der Waals surface area (Å²) in [6.45, 7) is 0. The van der Waals surface area contributed by atoms with E-state index in [-0.39, 0.29) is 5.92 Å². The molecule has 0 spiro atoms. The molecule has 0 saturated heterocycles. The number of hydrogen-bond acceptors (Lipinski definition) is 2. The summed E-state index contributed by atoms with van der Waals surface area (Å²) in [4.78, 5) is 10.2. The Morgan fingerprint density at radius 1 is 0.649 bits per heavy atom. The van der Waals surface area contributed by atoms with Gasteiger partial charge in [-0.15, -0.1) is 0 Å². The van der Waals surface area contributed by atoms with Crippen molar-refractivity contribution in [2.75, 3.05) is 0 Å². The predicted octanol–water partition coefficient (Wildman–Crippen LogP) is 8.56. The molecule has 1 atom stereocenters. The molecular formula is C33H22IN3. The molecule has 6 aromatic rings. The normalized spacial score (nSPS) is 14.5. The van der Waals surface area contributed by atoms with Crippen LogP contribution in [0.1, 0.15) is 22.6 Å². The summed E-state index contributed by atoms with van der Waals surface area (Å²) in [5, 5.41) is 0. The SMILES string of the molecule is Ic1cc(C2C(c3ccccc3)=Nc3ccccc32)cc(-n2c(-c3ccccc3)nc3ccccc32)c1. The molecule has 1 unspecified atom stereocenters. The molecule has 176 valence electrons. The van der Waals surface area contributed by atoms with Crippen LogP contribution in [0.3, 0.4) is 0 Å². The Balaban J connectivity index is 1.45.